The zero-order valence-electron chi connectivity index (χ0n) is 36.1. The van der Waals surface area contributed by atoms with Gasteiger partial charge in [0.15, 0.2) is 0 Å². The molecule has 0 radical (unpaired) electrons. The fourth-order valence-corrected chi connectivity index (χ4v) is 11.0. The van der Waals surface area contributed by atoms with Crippen molar-refractivity contribution in [1.29, 1.82) is 5.26 Å². The molecule has 4 heterocycles. The van der Waals surface area contributed by atoms with Gasteiger partial charge in [-0.3, -0.25) is 4.79 Å². The molecule has 8 aromatic rings. The van der Waals surface area contributed by atoms with Crippen LogP contribution in [0.3, 0.4) is 0 Å². The number of nitriles is 1. The van der Waals surface area contributed by atoms with Crippen LogP contribution in [0.5, 0.6) is 0 Å². The van der Waals surface area contributed by atoms with E-state index in [1.165, 1.54) is 51.5 Å². The lowest BCUT2D eigenvalue weighted by atomic mass is 10.1. The maximum absolute atomic E-state index is 11.3. The van der Waals surface area contributed by atoms with Gasteiger partial charge in [-0.1, -0.05) is 90.0 Å². The molecular formula is C56H39N3O4S4. The van der Waals surface area contributed by atoms with E-state index in [-0.39, 0.29) is 11.3 Å². The molecule has 0 unspecified atom stereocenters. The standard InChI is InChI=1S/C56H39N3O4S4/c1-36-30-37(2)32-41(31-36)5-4-38-6-14-43(15-7-38)59(44-16-8-39(9-17-44)12-20-46-22-26-51(64-46)53-28-24-48(66-53)33-42(35-57)55(60)61)45-18-10-40(11-19-45)13-21-47-23-27-52(65-47)54-29-25-49(67-54)34-50(58-3)56(62)63/h4-34H,1-2H3,(H,60,61)(H,62,63). The van der Waals surface area contributed by atoms with Gasteiger partial charge < -0.3 is 15.1 Å². The minimum atomic E-state index is -1.24. The van der Waals surface area contributed by atoms with Gasteiger partial charge in [-0.05, 0) is 145 Å². The molecule has 7 nitrogen and oxygen atoms in total. The summed E-state index contributed by atoms with van der Waals surface area (Å²) in [7, 11) is 0. The number of hydrogen-bond donors (Lipinski definition) is 2. The highest BCUT2D eigenvalue weighted by Crippen LogP contribution is 2.38. The largest absolute Gasteiger partial charge is 0.486 e. The Morgan fingerprint density at radius 1 is 0.507 bits per heavy atom. The highest BCUT2D eigenvalue weighted by Gasteiger charge is 2.14. The highest BCUT2D eigenvalue weighted by molar-refractivity contribution is 7.23. The molecule has 11 heteroatoms. The molecule has 0 saturated carbocycles. The number of thiophene rings is 4. The molecule has 4 aromatic carbocycles. The number of anilines is 3. The van der Waals surface area contributed by atoms with E-state index in [2.05, 4.69) is 175 Å². The predicted molar refractivity (Wildman–Crippen MR) is 283 cm³/mol. The van der Waals surface area contributed by atoms with Gasteiger partial charge in [-0.15, -0.1) is 45.3 Å². The van der Waals surface area contributed by atoms with E-state index in [0.29, 0.717) is 4.88 Å². The Morgan fingerprint density at radius 3 is 1.27 bits per heavy atom. The first-order valence-corrected chi connectivity index (χ1v) is 24.1. The van der Waals surface area contributed by atoms with Crippen molar-refractivity contribution >= 4 is 123 Å². The van der Waals surface area contributed by atoms with Gasteiger partial charge in [0, 0.05) is 56.1 Å². The number of carbonyl (C=O) groups is 2. The highest BCUT2D eigenvalue weighted by atomic mass is 32.1. The minimum absolute atomic E-state index is 0.291. The van der Waals surface area contributed by atoms with Gasteiger partial charge >= 0.3 is 11.9 Å². The number of benzene rings is 4. The van der Waals surface area contributed by atoms with Crippen LogP contribution in [0.4, 0.5) is 17.1 Å². The van der Waals surface area contributed by atoms with Crippen molar-refractivity contribution in [2.75, 3.05) is 4.90 Å². The third-order valence-corrected chi connectivity index (χ3v) is 14.9. The quantitative estimate of drug-likeness (QED) is 0.0459. The lowest BCUT2D eigenvalue weighted by Crippen LogP contribution is -2.09. The second-order valence-corrected chi connectivity index (χ2v) is 19.7. The van der Waals surface area contributed by atoms with E-state index < -0.39 is 11.9 Å². The summed E-state index contributed by atoms with van der Waals surface area (Å²) in [5.74, 6) is -2.47. The molecule has 0 saturated heterocycles. The summed E-state index contributed by atoms with van der Waals surface area (Å²) in [5, 5.41) is 27.6. The first-order chi connectivity index (χ1) is 32.5. The van der Waals surface area contributed by atoms with E-state index in [0.717, 1.165) is 67.9 Å². The van der Waals surface area contributed by atoms with Crippen molar-refractivity contribution in [2.45, 2.75) is 13.8 Å². The van der Waals surface area contributed by atoms with Crippen LogP contribution in [0.2, 0.25) is 0 Å². The van der Waals surface area contributed by atoms with E-state index >= 15 is 0 Å². The summed E-state index contributed by atoms with van der Waals surface area (Å²) in [4.78, 5) is 35.7. The zero-order chi connectivity index (χ0) is 46.9. The minimum Gasteiger partial charge on any atom is -0.486 e. The maximum atomic E-state index is 11.3. The van der Waals surface area contributed by atoms with Crippen molar-refractivity contribution in [3.8, 4) is 25.6 Å². The average molecular weight is 946 g/mol. The van der Waals surface area contributed by atoms with Crippen LogP contribution in [-0.4, -0.2) is 22.2 Å². The summed E-state index contributed by atoms with van der Waals surface area (Å²) in [6, 6.07) is 49.7. The molecule has 0 amide bonds. The molecule has 0 spiro atoms. The third kappa shape index (κ3) is 11.7. The normalized spacial score (nSPS) is 11.9. The number of nitrogens with zero attached hydrogens (tertiary/aromatic N) is 3. The molecule has 0 aliphatic heterocycles. The Bertz CT molecular complexity index is 3150. The molecule has 0 atom stereocenters. The summed E-state index contributed by atoms with van der Waals surface area (Å²) in [6.07, 6.45) is 15.5. The smallest absolute Gasteiger partial charge is 0.346 e. The fourth-order valence-electron chi connectivity index (χ4n) is 7.14. The van der Waals surface area contributed by atoms with Gasteiger partial charge in [-0.2, -0.15) is 5.26 Å². The third-order valence-electron chi connectivity index (χ3n) is 10.3. The number of rotatable bonds is 15. The van der Waals surface area contributed by atoms with E-state index in [1.54, 1.807) is 28.7 Å². The van der Waals surface area contributed by atoms with Gasteiger partial charge in [-0.25, -0.2) is 9.64 Å². The van der Waals surface area contributed by atoms with E-state index in [1.807, 2.05) is 24.3 Å². The Morgan fingerprint density at radius 2 is 0.881 bits per heavy atom. The van der Waals surface area contributed by atoms with Crippen LogP contribution in [0.25, 0.3) is 73.0 Å². The second-order valence-electron chi connectivity index (χ2n) is 15.3. The van der Waals surface area contributed by atoms with Crippen LogP contribution < -0.4 is 4.90 Å². The summed E-state index contributed by atoms with van der Waals surface area (Å²) in [5.41, 5.74) is 9.29. The van der Waals surface area contributed by atoms with Gasteiger partial charge in [0.05, 0.1) is 6.57 Å². The second kappa shape index (κ2) is 20.9. The fraction of sp³-hybridized carbons (Fsp3) is 0.0357. The number of carboxylic acids is 2. The molecule has 8 rings (SSSR count). The summed E-state index contributed by atoms with van der Waals surface area (Å²) < 4.78 is 0. The first kappa shape index (κ1) is 45.7. The van der Waals surface area contributed by atoms with Crippen LogP contribution in [-0.2, 0) is 9.59 Å². The van der Waals surface area contributed by atoms with Crippen LogP contribution >= 0.6 is 45.3 Å². The summed E-state index contributed by atoms with van der Waals surface area (Å²) >= 11 is 6.20. The molecule has 0 fully saturated rings. The molecule has 0 aliphatic rings. The molecule has 0 aliphatic carbocycles. The molecular weight excluding hydrogens is 907 g/mol. The van der Waals surface area contributed by atoms with Crippen LogP contribution in [0.15, 0.2) is 151 Å². The molecule has 4 aromatic heterocycles. The number of carboxylic acid groups (broad SMARTS) is 2. The SMILES string of the molecule is [C-]#[N+]C(=Cc1ccc(-c2ccc(C=Cc3ccc(N(c4ccc(C=Cc5cc(C)cc(C)c5)cc4)c4ccc(C=Cc5ccc(-c6ccc(C=C(C#N)C(=O)O)s6)s5)cc4)cc3)s2)s1)C(=O)O. The Labute approximate surface area is 404 Å². The molecule has 0 bridgehead atoms. The van der Waals surface area contributed by atoms with Gasteiger partial charge in [0.1, 0.15) is 11.6 Å². The topological polar surface area (TPSA) is 106 Å². The van der Waals surface area contributed by atoms with Crippen LogP contribution in [0.1, 0.15) is 52.9 Å². The van der Waals surface area contributed by atoms with Crippen molar-refractivity contribution in [1.82, 2.24) is 0 Å². The summed E-state index contributed by atoms with van der Waals surface area (Å²) in [6.45, 7) is 11.4. The Kier molecular flexibility index (Phi) is 14.3. The molecule has 2 N–H and O–H groups in total. The molecule has 67 heavy (non-hydrogen) atoms. The van der Waals surface area contributed by atoms with Crippen LogP contribution in [0, 0.1) is 31.8 Å². The average Bonchev–Trinajstić information content (AvgIpc) is 4.17. The van der Waals surface area contributed by atoms with Crippen molar-refractivity contribution in [3.63, 3.8) is 0 Å². The van der Waals surface area contributed by atoms with Gasteiger partial charge in [0.2, 0.25) is 0 Å². The predicted octanol–water partition coefficient (Wildman–Crippen LogP) is 16.2. The maximum Gasteiger partial charge on any atom is 0.346 e. The van der Waals surface area contributed by atoms with Gasteiger partial charge in [0.25, 0.3) is 5.70 Å². The monoisotopic (exact) mass is 945 g/mol. The lowest BCUT2D eigenvalue weighted by molar-refractivity contribution is -0.133. The Balaban J connectivity index is 1.01. The zero-order valence-corrected chi connectivity index (χ0v) is 39.3. The first-order valence-electron chi connectivity index (χ1n) is 20.8. The Hall–Kier alpha value is -7.90. The van der Waals surface area contributed by atoms with Crippen molar-refractivity contribution < 1.29 is 19.8 Å². The van der Waals surface area contributed by atoms with E-state index in [4.69, 9.17) is 11.8 Å². The number of aliphatic carboxylic acids is 2. The van der Waals surface area contributed by atoms with Crippen molar-refractivity contribution in [2.24, 2.45) is 0 Å². The number of aryl methyl sites for hydroxylation is 2. The van der Waals surface area contributed by atoms with Crippen molar-refractivity contribution in [3.05, 3.63) is 215 Å². The number of hydrogen-bond acceptors (Lipinski definition) is 8. The lowest BCUT2D eigenvalue weighted by Gasteiger charge is -2.26. The van der Waals surface area contributed by atoms with E-state index in [9.17, 15) is 19.8 Å². The molecule has 326 valence electrons.